The van der Waals surface area contributed by atoms with Gasteiger partial charge in [0.15, 0.2) is 0 Å². The molecule has 0 amide bonds. The SMILES string of the molecule is Cc1nc(NN)c(C)c(NCCC2CCCCC2)n1. The molecule has 1 aromatic rings. The lowest BCUT2D eigenvalue weighted by Crippen LogP contribution is -2.16. The van der Waals surface area contributed by atoms with E-state index < -0.39 is 0 Å². The van der Waals surface area contributed by atoms with Crippen LogP contribution in [-0.4, -0.2) is 16.5 Å². The van der Waals surface area contributed by atoms with Gasteiger partial charge >= 0.3 is 0 Å². The Labute approximate surface area is 115 Å². The van der Waals surface area contributed by atoms with Gasteiger partial charge in [0, 0.05) is 12.1 Å². The van der Waals surface area contributed by atoms with E-state index in [0.717, 1.165) is 29.7 Å². The zero-order chi connectivity index (χ0) is 13.7. The Kier molecular flexibility index (Phi) is 4.96. The first-order chi connectivity index (χ1) is 9.20. The normalized spacial score (nSPS) is 16.4. The fourth-order valence-electron chi connectivity index (χ4n) is 2.81. The summed E-state index contributed by atoms with van der Waals surface area (Å²) in [5.74, 6) is 8.69. The van der Waals surface area contributed by atoms with Gasteiger partial charge in [0.25, 0.3) is 0 Å². The highest BCUT2D eigenvalue weighted by molar-refractivity contribution is 5.56. The molecule has 1 aliphatic carbocycles. The minimum Gasteiger partial charge on any atom is -0.370 e. The van der Waals surface area contributed by atoms with Gasteiger partial charge in [-0.15, -0.1) is 0 Å². The van der Waals surface area contributed by atoms with Gasteiger partial charge in [-0.2, -0.15) is 0 Å². The van der Waals surface area contributed by atoms with Crippen LogP contribution in [0.2, 0.25) is 0 Å². The van der Waals surface area contributed by atoms with Crippen molar-refractivity contribution in [3.8, 4) is 0 Å². The Bertz CT molecular complexity index is 413. The number of hydrazine groups is 1. The summed E-state index contributed by atoms with van der Waals surface area (Å²) in [6, 6.07) is 0. The molecule has 1 aromatic heterocycles. The van der Waals surface area contributed by atoms with Crippen LogP contribution in [-0.2, 0) is 0 Å². The molecule has 1 aliphatic rings. The highest BCUT2D eigenvalue weighted by Crippen LogP contribution is 2.26. The van der Waals surface area contributed by atoms with Crippen molar-refractivity contribution < 1.29 is 0 Å². The molecule has 4 N–H and O–H groups in total. The number of nitrogens with one attached hydrogen (secondary N) is 2. The molecule has 0 spiro atoms. The number of anilines is 2. The number of rotatable bonds is 5. The minimum absolute atomic E-state index is 0.702. The van der Waals surface area contributed by atoms with E-state index in [0.29, 0.717) is 5.82 Å². The average molecular weight is 263 g/mol. The first kappa shape index (κ1) is 14.1. The van der Waals surface area contributed by atoms with Gasteiger partial charge in [-0.3, -0.25) is 0 Å². The third-order valence-electron chi connectivity index (χ3n) is 3.96. The van der Waals surface area contributed by atoms with E-state index in [2.05, 4.69) is 20.7 Å². The molecule has 0 saturated heterocycles. The summed E-state index contributed by atoms with van der Waals surface area (Å²) in [5.41, 5.74) is 3.61. The monoisotopic (exact) mass is 263 g/mol. The number of nitrogens with two attached hydrogens (primary N) is 1. The quantitative estimate of drug-likeness (QED) is 0.562. The molecule has 106 valence electrons. The standard InChI is InChI=1S/C14H25N5/c1-10-13(17-11(2)18-14(10)19-15)16-9-8-12-6-4-3-5-7-12/h12H,3-9,15H2,1-2H3,(H2,16,17,18,19). The third-order valence-corrected chi connectivity index (χ3v) is 3.96. The highest BCUT2D eigenvalue weighted by Gasteiger charge is 2.13. The molecule has 0 aromatic carbocycles. The third kappa shape index (κ3) is 3.80. The Morgan fingerprint density at radius 3 is 2.47 bits per heavy atom. The Balaban J connectivity index is 1.89. The van der Waals surface area contributed by atoms with Crippen molar-refractivity contribution in [3.63, 3.8) is 0 Å². The summed E-state index contributed by atoms with van der Waals surface area (Å²) < 4.78 is 0. The van der Waals surface area contributed by atoms with Gasteiger partial charge in [0.1, 0.15) is 17.5 Å². The number of hydrogen-bond donors (Lipinski definition) is 3. The van der Waals surface area contributed by atoms with Crippen molar-refractivity contribution in [1.82, 2.24) is 9.97 Å². The van der Waals surface area contributed by atoms with Crippen LogP contribution in [0.1, 0.15) is 49.9 Å². The van der Waals surface area contributed by atoms with Crippen LogP contribution in [0, 0.1) is 19.8 Å². The number of aryl methyl sites for hydroxylation is 1. The van der Waals surface area contributed by atoms with Crippen molar-refractivity contribution in [2.45, 2.75) is 52.4 Å². The predicted octanol–water partition coefficient (Wildman–Crippen LogP) is 2.76. The molecular weight excluding hydrogens is 238 g/mol. The van der Waals surface area contributed by atoms with Gasteiger partial charge in [-0.25, -0.2) is 15.8 Å². The molecule has 0 atom stereocenters. The molecule has 5 heteroatoms. The van der Waals surface area contributed by atoms with Crippen LogP contribution in [0.3, 0.4) is 0 Å². The van der Waals surface area contributed by atoms with E-state index >= 15 is 0 Å². The minimum atomic E-state index is 0.702. The van der Waals surface area contributed by atoms with Crippen molar-refractivity contribution in [2.24, 2.45) is 11.8 Å². The molecule has 0 radical (unpaired) electrons. The Morgan fingerprint density at radius 1 is 1.11 bits per heavy atom. The molecular formula is C14H25N5. The molecule has 1 heterocycles. The number of hydrogen-bond acceptors (Lipinski definition) is 5. The zero-order valence-electron chi connectivity index (χ0n) is 12.0. The largest absolute Gasteiger partial charge is 0.370 e. The lowest BCUT2D eigenvalue weighted by molar-refractivity contribution is 0.345. The van der Waals surface area contributed by atoms with Crippen LogP contribution in [0.4, 0.5) is 11.6 Å². The first-order valence-electron chi connectivity index (χ1n) is 7.26. The van der Waals surface area contributed by atoms with Crippen LogP contribution in [0.25, 0.3) is 0 Å². The van der Waals surface area contributed by atoms with Gasteiger partial charge in [-0.1, -0.05) is 32.1 Å². The number of nitrogens with zero attached hydrogens (tertiary/aromatic N) is 2. The average Bonchev–Trinajstić information content (AvgIpc) is 2.43. The summed E-state index contributed by atoms with van der Waals surface area (Å²) in [7, 11) is 0. The van der Waals surface area contributed by atoms with Gasteiger partial charge in [0.05, 0.1) is 0 Å². The van der Waals surface area contributed by atoms with Gasteiger partial charge < -0.3 is 10.7 Å². The molecule has 1 saturated carbocycles. The summed E-state index contributed by atoms with van der Waals surface area (Å²) in [5, 5.41) is 3.43. The maximum Gasteiger partial charge on any atom is 0.148 e. The van der Waals surface area contributed by atoms with E-state index in [-0.39, 0.29) is 0 Å². The molecule has 0 aliphatic heterocycles. The molecule has 0 unspecified atom stereocenters. The fraction of sp³-hybridized carbons (Fsp3) is 0.714. The van der Waals surface area contributed by atoms with Crippen molar-refractivity contribution >= 4 is 11.6 Å². The molecule has 1 fully saturated rings. The Hall–Kier alpha value is -1.36. The maximum atomic E-state index is 5.47. The summed E-state index contributed by atoms with van der Waals surface area (Å²) in [6.07, 6.45) is 8.22. The lowest BCUT2D eigenvalue weighted by Gasteiger charge is -2.22. The molecule has 0 bridgehead atoms. The second-order valence-electron chi connectivity index (χ2n) is 5.46. The highest BCUT2D eigenvalue weighted by atomic mass is 15.3. The van der Waals surface area contributed by atoms with Crippen LogP contribution >= 0.6 is 0 Å². The van der Waals surface area contributed by atoms with E-state index in [1.54, 1.807) is 0 Å². The predicted molar refractivity (Wildman–Crippen MR) is 79.0 cm³/mol. The lowest BCUT2D eigenvalue weighted by atomic mass is 9.87. The molecule has 2 rings (SSSR count). The second kappa shape index (κ2) is 6.70. The number of nitrogen functional groups attached to an aromatic ring is 1. The van der Waals surface area contributed by atoms with Crippen molar-refractivity contribution in [1.29, 1.82) is 0 Å². The van der Waals surface area contributed by atoms with Crippen LogP contribution in [0.15, 0.2) is 0 Å². The summed E-state index contributed by atoms with van der Waals surface area (Å²) in [4.78, 5) is 8.71. The smallest absolute Gasteiger partial charge is 0.148 e. The molecule has 19 heavy (non-hydrogen) atoms. The van der Waals surface area contributed by atoms with Gasteiger partial charge in [0.2, 0.25) is 0 Å². The first-order valence-corrected chi connectivity index (χ1v) is 7.26. The molecule has 5 nitrogen and oxygen atoms in total. The van der Waals surface area contributed by atoms with Crippen LogP contribution < -0.4 is 16.6 Å². The van der Waals surface area contributed by atoms with Gasteiger partial charge in [-0.05, 0) is 26.2 Å². The zero-order valence-corrected chi connectivity index (χ0v) is 12.0. The van der Waals surface area contributed by atoms with Crippen LogP contribution in [0.5, 0.6) is 0 Å². The van der Waals surface area contributed by atoms with E-state index in [1.807, 2.05) is 13.8 Å². The maximum absolute atomic E-state index is 5.47. The summed E-state index contributed by atoms with van der Waals surface area (Å²) in [6.45, 7) is 4.84. The van der Waals surface area contributed by atoms with E-state index in [9.17, 15) is 0 Å². The van der Waals surface area contributed by atoms with Crippen molar-refractivity contribution in [2.75, 3.05) is 17.3 Å². The Morgan fingerprint density at radius 2 is 1.79 bits per heavy atom. The van der Waals surface area contributed by atoms with E-state index in [4.69, 9.17) is 5.84 Å². The fourth-order valence-corrected chi connectivity index (χ4v) is 2.81. The number of aromatic nitrogens is 2. The topological polar surface area (TPSA) is 75.9 Å². The summed E-state index contributed by atoms with van der Waals surface area (Å²) >= 11 is 0. The van der Waals surface area contributed by atoms with E-state index in [1.165, 1.54) is 38.5 Å². The van der Waals surface area contributed by atoms with Crippen molar-refractivity contribution in [3.05, 3.63) is 11.4 Å². The second-order valence-corrected chi connectivity index (χ2v) is 5.46.